The fourth-order valence-electron chi connectivity index (χ4n) is 4.10. The van der Waals surface area contributed by atoms with Crippen molar-refractivity contribution >= 4 is 18.0 Å². The summed E-state index contributed by atoms with van der Waals surface area (Å²) in [6.45, 7) is 7.25. The Balaban J connectivity index is 1.63. The van der Waals surface area contributed by atoms with Crippen LogP contribution in [0, 0.1) is 5.41 Å². The number of fused-ring (bicyclic) bond motifs is 3. The quantitative estimate of drug-likeness (QED) is 0.684. The molecule has 3 rings (SSSR count). The summed E-state index contributed by atoms with van der Waals surface area (Å²) in [5.41, 5.74) is 4.18. The van der Waals surface area contributed by atoms with Crippen molar-refractivity contribution in [3.8, 4) is 11.1 Å². The van der Waals surface area contributed by atoms with Crippen LogP contribution in [0.15, 0.2) is 48.5 Å². The maximum absolute atomic E-state index is 12.8. The third-order valence-corrected chi connectivity index (χ3v) is 5.35. The van der Waals surface area contributed by atoms with Gasteiger partial charge in [-0.25, -0.2) is 4.79 Å². The van der Waals surface area contributed by atoms with Gasteiger partial charge >= 0.3 is 12.1 Å². The summed E-state index contributed by atoms with van der Waals surface area (Å²) < 4.78 is 5.49. The average molecular weight is 439 g/mol. The lowest BCUT2D eigenvalue weighted by Crippen LogP contribution is -2.50. The molecule has 0 fully saturated rings. The van der Waals surface area contributed by atoms with Crippen molar-refractivity contribution in [3.63, 3.8) is 0 Å². The number of carbonyl (C=O) groups is 3. The average Bonchev–Trinajstić information content (AvgIpc) is 3.03. The Hall–Kier alpha value is -3.35. The molecule has 2 amide bonds. The second-order valence-corrected chi connectivity index (χ2v) is 9.34. The van der Waals surface area contributed by atoms with Crippen LogP contribution < -0.4 is 5.32 Å². The molecule has 1 aliphatic carbocycles. The van der Waals surface area contributed by atoms with E-state index in [0.29, 0.717) is 0 Å². The molecule has 0 aliphatic heterocycles. The lowest BCUT2D eigenvalue weighted by Gasteiger charge is -2.30. The molecular weight excluding hydrogens is 408 g/mol. The Morgan fingerprint density at radius 2 is 1.56 bits per heavy atom. The zero-order valence-electron chi connectivity index (χ0n) is 18.9. The highest BCUT2D eigenvalue weighted by molar-refractivity contribution is 5.88. The Labute approximate surface area is 188 Å². The number of carbonyl (C=O) groups excluding carboxylic acids is 2. The van der Waals surface area contributed by atoms with Gasteiger partial charge in [-0.1, -0.05) is 69.3 Å². The van der Waals surface area contributed by atoms with E-state index in [1.165, 1.54) is 11.8 Å². The second kappa shape index (κ2) is 9.42. The van der Waals surface area contributed by atoms with Crippen LogP contribution in [0.3, 0.4) is 0 Å². The van der Waals surface area contributed by atoms with Gasteiger partial charge in [0.05, 0.1) is 0 Å². The second-order valence-electron chi connectivity index (χ2n) is 9.34. The van der Waals surface area contributed by atoms with Gasteiger partial charge in [-0.05, 0) is 34.6 Å². The van der Waals surface area contributed by atoms with E-state index in [1.54, 1.807) is 0 Å². The van der Waals surface area contributed by atoms with Gasteiger partial charge in [-0.2, -0.15) is 0 Å². The maximum atomic E-state index is 12.8. The molecule has 2 aromatic rings. The monoisotopic (exact) mass is 438 g/mol. The van der Waals surface area contributed by atoms with Crippen LogP contribution in [0.4, 0.5) is 4.79 Å². The van der Waals surface area contributed by atoms with Gasteiger partial charge in [-0.3, -0.25) is 9.59 Å². The lowest BCUT2D eigenvalue weighted by molar-refractivity contribution is -0.146. The van der Waals surface area contributed by atoms with Gasteiger partial charge in [0, 0.05) is 12.5 Å². The Bertz CT molecular complexity index is 966. The van der Waals surface area contributed by atoms with Gasteiger partial charge in [0.1, 0.15) is 19.2 Å². The van der Waals surface area contributed by atoms with E-state index in [-0.39, 0.29) is 24.5 Å². The van der Waals surface area contributed by atoms with Crippen LogP contribution in [-0.2, 0) is 14.3 Å². The van der Waals surface area contributed by atoms with Gasteiger partial charge < -0.3 is 20.1 Å². The molecular formula is C25H30N2O5. The number of hydrogen-bond acceptors (Lipinski definition) is 4. The highest BCUT2D eigenvalue weighted by atomic mass is 16.5. The van der Waals surface area contributed by atoms with E-state index in [2.05, 4.69) is 17.4 Å². The smallest absolute Gasteiger partial charge is 0.407 e. The minimum Gasteiger partial charge on any atom is -0.480 e. The molecule has 0 radical (unpaired) electrons. The minimum atomic E-state index is -1.10. The standard InChI is InChI=1S/C25H30N2O5/c1-16(23(30)27(13-22(28)29)15-25(2,3)4)26-24(31)32-14-21-19-11-7-5-9-17(19)18-10-6-8-12-20(18)21/h5-12,16,21H,13-15H2,1-4H3,(H,26,31)(H,28,29). The third-order valence-electron chi connectivity index (χ3n) is 5.35. The van der Waals surface area contributed by atoms with Crippen molar-refractivity contribution in [2.24, 2.45) is 5.41 Å². The molecule has 7 nitrogen and oxygen atoms in total. The number of amides is 2. The number of benzene rings is 2. The highest BCUT2D eigenvalue weighted by Crippen LogP contribution is 2.44. The van der Waals surface area contributed by atoms with Crippen LogP contribution in [0.2, 0.25) is 0 Å². The Morgan fingerprint density at radius 1 is 1.03 bits per heavy atom. The molecule has 0 aromatic heterocycles. The van der Waals surface area contributed by atoms with Gasteiger partial charge in [0.2, 0.25) is 5.91 Å². The summed E-state index contributed by atoms with van der Waals surface area (Å²) in [6, 6.07) is 15.2. The van der Waals surface area contributed by atoms with Crippen LogP contribution in [0.1, 0.15) is 44.7 Å². The molecule has 1 atom stereocenters. The molecule has 0 saturated carbocycles. The van der Waals surface area contributed by atoms with E-state index >= 15 is 0 Å². The molecule has 1 unspecified atom stereocenters. The fraction of sp³-hybridized carbons (Fsp3) is 0.400. The van der Waals surface area contributed by atoms with E-state index < -0.39 is 30.6 Å². The zero-order valence-corrected chi connectivity index (χ0v) is 18.9. The number of nitrogens with one attached hydrogen (secondary N) is 1. The summed E-state index contributed by atoms with van der Waals surface area (Å²) in [5.74, 6) is -1.64. The first-order chi connectivity index (χ1) is 15.1. The first kappa shape index (κ1) is 23.3. The van der Waals surface area contributed by atoms with Gasteiger partial charge in [0.15, 0.2) is 0 Å². The summed E-state index contributed by atoms with van der Waals surface area (Å²) in [4.78, 5) is 37.7. The van der Waals surface area contributed by atoms with Crippen LogP contribution in [-0.4, -0.2) is 53.7 Å². The van der Waals surface area contributed by atoms with Gasteiger partial charge in [0.25, 0.3) is 0 Å². The molecule has 0 bridgehead atoms. The molecule has 2 N–H and O–H groups in total. The van der Waals surface area contributed by atoms with E-state index in [9.17, 15) is 14.4 Å². The SMILES string of the molecule is CC(NC(=O)OCC1c2ccccc2-c2ccccc21)C(=O)N(CC(=O)O)CC(C)(C)C. The predicted molar refractivity (Wildman–Crippen MR) is 121 cm³/mol. The van der Waals surface area contributed by atoms with Crippen LogP contribution in [0.25, 0.3) is 11.1 Å². The van der Waals surface area contributed by atoms with Crippen molar-refractivity contribution in [3.05, 3.63) is 59.7 Å². The predicted octanol–water partition coefficient (Wildman–Crippen LogP) is 3.87. The van der Waals surface area contributed by atoms with E-state index in [1.807, 2.05) is 57.2 Å². The molecule has 0 spiro atoms. The molecule has 170 valence electrons. The van der Waals surface area contributed by atoms with Crippen molar-refractivity contribution in [1.82, 2.24) is 10.2 Å². The number of carboxylic acid groups (broad SMARTS) is 1. The summed E-state index contributed by atoms with van der Waals surface area (Å²) in [7, 11) is 0. The first-order valence-corrected chi connectivity index (χ1v) is 10.7. The zero-order chi connectivity index (χ0) is 23.5. The van der Waals surface area contributed by atoms with Crippen molar-refractivity contribution < 1.29 is 24.2 Å². The topological polar surface area (TPSA) is 95.9 Å². The largest absolute Gasteiger partial charge is 0.480 e. The van der Waals surface area contributed by atoms with Crippen molar-refractivity contribution in [1.29, 1.82) is 0 Å². The maximum Gasteiger partial charge on any atom is 0.407 e. The molecule has 2 aromatic carbocycles. The van der Waals surface area contributed by atoms with Crippen LogP contribution >= 0.6 is 0 Å². The van der Waals surface area contributed by atoms with Gasteiger partial charge in [-0.15, -0.1) is 0 Å². The number of carboxylic acids is 1. The molecule has 1 aliphatic rings. The number of rotatable bonds is 7. The first-order valence-electron chi connectivity index (χ1n) is 10.7. The number of alkyl carbamates (subject to hydrolysis) is 1. The normalized spacial score (nSPS) is 13.6. The Morgan fingerprint density at radius 3 is 2.06 bits per heavy atom. The summed E-state index contributed by atoms with van der Waals surface area (Å²) in [6.07, 6.45) is -0.709. The molecule has 32 heavy (non-hydrogen) atoms. The number of aliphatic carboxylic acids is 1. The number of ether oxygens (including phenoxy) is 1. The molecule has 0 heterocycles. The molecule has 7 heteroatoms. The van der Waals surface area contributed by atoms with Crippen molar-refractivity contribution in [2.75, 3.05) is 19.7 Å². The summed E-state index contributed by atoms with van der Waals surface area (Å²) >= 11 is 0. The van der Waals surface area contributed by atoms with E-state index in [0.717, 1.165) is 22.3 Å². The third kappa shape index (κ3) is 5.46. The summed E-state index contributed by atoms with van der Waals surface area (Å²) in [5, 5.41) is 11.7. The van der Waals surface area contributed by atoms with E-state index in [4.69, 9.17) is 9.84 Å². The highest BCUT2D eigenvalue weighted by Gasteiger charge is 2.30. The minimum absolute atomic E-state index is 0.0800. The van der Waals surface area contributed by atoms with Crippen LogP contribution in [0.5, 0.6) is 0 Å². The lowest BCUT2D eigenvalue weighted by atomic mass is 9.95. The van der Waals surface area contributed by atoms with Crippen molar-refractivity contribution in [2.45, 2.75) is 39.7 Å². The molecule has 0 saturated heterocycles. The Kier molecular flexibility index (Phi) is 6.87. The fourth-order valence-corrected chi connectivity index (χ4v) is 4.10. The number of hydrogen-bond donors (Lipinski definition) is 2. The number of nitrogens with zero attached hydrogens (tertiary/aromatic N) is 1.